The van der Waals surface area contributed by atoms with E-state index in [0.29, 0.717) is 17.3 Å². The van der Waals surface area contributed by atoms with Gasteiger partial charge in [-0.05, 0) is 12.1 Å². The van der Waals surface area contributed by atoms with Crippen LogP contribution in [0.3, 0.4) is 0 Å². The number of nitrogens with two attached hydrogens (primary N) is 1. The van der Waals surface area contributed by atoms with Gasteiger partial charge in [0.25, 0.3) is 0 Å². The van der Waals surface area contributed by atoms with Crippen molar-refractivity contribution in [3.8, 4) is 11.5 Å². The van der Waals surface area contributed by atoms with Gasteiger partial charge in [0.05, 0.1) is 6.20 Å². The Morgan fingerprint density at radius 3 is 2.63 bits per heavy atom. The topological polar surface area (TPSA) is 61.0 Å². The normalized spacial score (nSPS) is 10.8. The molecule has 0 aliphatic carbocycles. The standard InChI is InChI=1S/C14H16FN3O/c1-9(2)14-17-8-13(11(7-16)18-14)19-12-6-4-3-5-10(12)15/h3-6,8-9H,7,16H2,1-2H3. The minimum Gasteiger partial charge on any atom is -0.451 e. The Balaban J connectivity index is 2.33. The molecule has 0 bridgehead atoms. The Kier molecular flexibility index (Phi) is 4.06. The number of hydrogen-bond donors (Lipinski definition) is 1. The quantitative estimate of drug-likeness (QED) is 0.919. The minimum atomic E-state index is -0.432. The average Bonchev–Trinajstić information content (AvgIpc) is 2.41. The molecule has 4 nitrogen and oxygen atoms in total. The highest BCUT2D eigenvalue weighted by Crippen LogP contribution is 2.26. The molecule has 0 spiro atoms. The van der Waals surface area contributed by atoms with Gasteiger partial charge in [-0.15, -0.1) is 0 Å². The molecule has 0 aliphatic rings. The maximum atomic E-state index is 13.5. The highest BCUT2D eigenvalue weighted by molar-refractivity contribution is 5.33. The van der Waals surface area contributed by atoms with Crippen LogP contribution in [0.1, 0.15) is 31.3 Å². The van der Waals surface area contributed by atoms with Crippen LogP contribution in [0.2, 0.25) is 0 Å². The van der Waals surface area contributed by atoms with E-state index in [4.69, 9.17) is 10.5 Å². The first-order valence-electron chi connectivity index (χ1n) is 6.10. The second kappa shape index (κ2) is 5.75. The van der Waals surface area contributed by atoms with Gasteiger partial charge in [0.1, 0.15) is 11.5 Å². The molecule has 0 saturated heterocycles. The van der Waals surface area contributed by atoms with E-state index < -0.39 is 5.82 Å². The lowest BCUT2D eigenvalue weighted by Gasteiger charge is -2.11. The third kappa shape index (κ3) is 3.06. The molecule has 1 heterocycles. The monoisotopic (exact) mass is 261 g/mol. The van der Waals surface area contributed by atoms with Crippen molar-refractivity contribution in [1.82, 2.24) is 9.97 Å². The summed E-state index contributed by atoms with van der Waals surface area (Å²) in [5.41, 5.74) is 6.22. The molecule has 2 aromatic rings. The van der Waals surface area contributed by atoms with E-state index in [2.05, 4.69) is 9.97 Å². The van der Waals surface area contributed by atoms with E-state index in [1.165, 1.54) is 12.3 Å². The number of para-hydroxylation sites is 1. The predicted molar refractivity (Wildman–Crippen MR) is 70.5 cm³/mol. The van der Waals surface area contributed by atoms with Crippen LogP contribution in [0.15, 0.2) is 30.5 Å². The van der Waals surface area contributed by atoms with E-state index in [1.807, 2.05) is 13.8 Å². The van der Waals surface area contributed by atoms with Gasteiger partial charge in [-0.1, -0.05) is 26.0 Å². The molecule has 0 atom stereocenters. The molecule has 0 saturated carbocycles. The molecule has 0 unspecified atom stereocenters. The molecule has 2 rings (SSSR count). The lowest BCUT2D eigenvalue weighted by Crippen LogP contribution is -2.07. The fourth-order valence-electron chi connectivity index (χ4n) is 1.58. The Labute approximate surface area is 111 Å². The number of hydrogen-bond acceptors (Lipinski definition) is 4. The van der Waals surface area contributed by atoms with Crippen LogP contribution in [0.4, 0.5) is 4.39 Å². The third-order valence-corrected chi connectivity index (χ3v) is 2.61. The van der Waals surface area contributed by atoms with Crippen molar-refractivity contribution in [3.05, 3.63) is 47.8 Å². The van der Waals surface area contributed by atoms with Crippen LogP contribution in [-0.4, -0.2) is 9.97 Å². The summed E-state index contributed by atoms with van der Waals surface area (Å²) in [6, 6.07) is 6.18. The lowest BCUT2D eigenvalue weighted by molar-refractivity contribution is 0.431. The van der Waals surface area contributed by atoms with Gasteiger partial charge in [0, 0.05) is 12.5 Å². The summed E-state index contributed by atoms with van der Waals surface area (Å²) in [5.74, 6) is 0.989. The van der Waals surface area contributed by atoms with Crippen molar-refractivity contribution in [2.24, 2.45) is 5.73 Å². The molecular weight excluding hydrogens is 245 g/mol. The molecule has 0 amide bonds. The summed E-state index contributed by atoms with van der Waals surface area (Å²) in [6.07, 6.45) is 1.54. The fourth-order valence-corrected chi connectivity index (χ4v) is 1.58. The van der Waals surface area contributed by atoms with E-state index >= 15 is 0 Å². The number of aromatic nitrogens is 2. The van der Waals surface area contributed by atoms with Gasteiger partial charge in [0.2, 0.25) is 0 Å². The lowest BCUT2D eigenvalue weighted by atomic mass is 10.2. The van der Waals surface area contributed by atoms with Gasteiger partial charge >= 0.3 is 0 Å². The molecule has 0 fully saturated rings. The molecule has 19 heavy (non-hydrogen) atoms. The van der Waals surface area contributed by atoms with E-state index in [1.54, 1.807) is 18.2 Å². The van der Waals surface area contributed by atoms with Crippen molar-refractivity contribution in [2.75, 3.05) is 0 Å². The zero-order valence-electron chi connectivity index (χ0n) is 10.9. The number of nitrogens with zero attached hydrogens (tertiary/aromatic N) is 2. The van der Waals surface area contributed by atoms with Gasteiger partial charge in [0.15, 0.2) is 17.3 Å². The second-order valence-corrected chi connectivity index (χ2v) is 4.43. The first-order chi connectivity index (χ1) is 9.11. The van der Waals surface area contributed by atoms with Gasteiger partial charge in [-0.2, -0.15) is 0 Å². The van der Waals surface area contributed by atoms with Crippen molar-refractivity contribution >= 4 is 0 Å². The average molecular weight is 261 g/mol. The van der Waals surface area contributed by atoms with Gasteiger partial charge in [-0.25, -0.2) is 14.4 Å². The maximum absolute atomic E-state index is 13.5. The minimum absolute atomic E-state index is 0.137. The Morgan fingerprint density at radius 2 is 2.00 bits per heavy atom. The summed E-state index contributed by atoms with van der Waals surface area (Å²) in [5, 5.41) is 0. The third-order valence-electron chi connectivity index (χ3n) is 2.61. The number of halogens is 1. The van der Waals surface area contributed by atoms with Crippen molar-refractivity contribution in [2.45, 2.75) is 26.3 Å². The molecule has 1 aromatic carbocycles. The zero-order valence-corrected chi connectivity index (χ0v) is 10.9. The molecule has 100 valence electrons. The summed E-state index contributed by atoms with van der Waals surface area (Å²) >= 11 is 0. The molecule has 2 N–H and O–H groups in total. The maximum Gasteiger partial charge on any atom is 0.168 e. The Bertz CT molecular complexity index is 572. The SMILES string of the molecule is CC(C)c1ncc(Oc2ccccc2F)c(CN)n1. The Morgan fingerprint density at radius 1 is 1.26 bits per heavy atom. The summed E-state index contributed by atoms with van der Waals surface area (Å²) in [7, 11) is 0. The highest BCUT2D eigenvalue weighted by Gasteiger charge is 2.12. The van der Waals surface area contributed by atoms with Crippen molar-refractivity contribution in [3.63, 3.8) is 0 Å². The van der Waals surface area contributed by atoms with E-state index in [9.17, 15) is 4.39 Å². The highest BCUT2D eigenvalue weighted by atomic mass is 19.1. The molecule has 0 aliphatic heterocycles. The molecule has 1 aromatic heterocycles. The summed E-state index contributed by atoms with van der Waals surface area (Å²) in [6.45, 7) is 4.20. The Hall–Kier alpha value is -2.01. The van der Waals surface area contributed by atoms with Crippen LogP contribution in [-0.2, 0) is 6.54 Å². The van der Waals surface area contributed by atoms with Gasteiger partial charge < -0.3 is 10.5 Å². The van der Waals surface area contributed by atoms with Crippen LogP contribution >= 0.6 is 0 Å². The second-order valence-electron chi connectivity index (χ2n) is 4.43. The van der Waals surface area contributed by atoms with Gasteiger partial charge in [-0.3, -0.25) is 0 Å². The number of benzene rings is 1. The smallest absolute Gasteiger partial charge is 0.168 e. The predicted octanol–water partition coefficient (Wildman–Crippen LogP) is 2.99. The van der Waals surface area contributed by atoms with Crippen molar-refractivity contribution < 1.29 is 9.13 Å². The van der Waals surface area contributed by atoms with Crippen molar-refractivity contribution in [1.29, 1.82) is 0 Å². The number of ether oxygens (including phenoxy) is 1. The van der Waals surface area contributed by atoms with E-state index in [0.717, 1.165) is 0 Å². The molecule has 0 radical (unpaired) electrons. The van der Waals surface area contributed by atoms with E-state index in [-0.39, 0.29) is 18.2 Å². The first-order valence-corrected chi connectivity index (χ1v) is 6.10. The summed E-state index contributed by atoms with van der Waals surface area (Å²) in [4.78, 5) is 8.53. The molecule has 5 heteroatoms. The fraction of sp³-hybridized carbons (Fsp3) is 0.286. The first kappa shape index (κ1) is 13.4. The molecular formula is C14H16FN3O. The summed E-state index contributed by atoms with van der Waals surface area (Å²) < 4.78 is 19.0. The number of rotatable bonds is 4. The largest absolute Gasteiger partial charge is 0.451 e. The van der Waals surface area contributed by atoms with Crippen LogP contribution in [0.25, 0.3) is 0 Å². The van der Waals surface area contributed by atoms with Crippen LogP contribution in [0, 0.1) is 5.82 Å². The van der Waals surface area contributed by atoms with Crippen LogP contribution < -0.4 is 10.5 Å². The zero-order chi connectivity index (χ0) is 13.8. The van der Waals surface area contributed by atoms with Crippen LogP contribution in [0.5, 0.6) is 11.5 Å².